The van der Waals surface area contributed by atoms with Gasteiger partial charge in [0.15, 0.2) is 0 Å². The van der Waals surface area contributed by atoms with E-state index in [1.54, 1.807) is 0 Å². The van der Waals surface area contributed by atoms with Crippen molar-refractivity contribution in [3.8, 4) is 11.4 Å². The third-order valence-corrected chi connectivity index (χ3v) is 21.8. The Morgan fingerprint density at radius 3 is 1.12 bits per heavy atom. The zero-order valence-electron chi connectivity index (χ0n) is 34.2. The Kier molecular flexibility index (Phi) is 9.53. The molecule has 0 fully saturated rings. The zero-order chi connectivity index (χ0) is 40.1. The fourth-order valence-electron chi connectivity index (χ4n) is 9.46. The molecule has 0 unspecified atom stereocenters. The van der Waals surface area contributed by atoms with Crippen LogP contribution in [0, 0.1) is 11.8 Å². The molecular formula is C54H48GeN4. The maximum absolute atomic E-state index is 5.46. The second-order valence-electron chi connectivity index (χ2n) is 16.8. The summed E-state index contributed by atoms with van der Waals surface area (Å²) in [4.78, 5) is 10.9. The number of pyridine rings is 2. The Hall–Kier alpha value is -6.24. The Morgan fingerprint density at radius 1 is 0.390 bits per heavy atom. The van der Waals surface area contributed by atoms with Crippen LogP contribution in [0.1, 0.15) is 39.1 Å². The fourth-order valence-corrected chi connectivity index (χ4v) is 19.5. The van der Waals surface area contributed by atoms with Crippen LogP contribution in [0.15, 0.2) is 182 Å². The van der Waals surface area contributed by atoms with Gasteiger partial charge in [0.1, 0.15) is 0 Å². The minimum atomic E-state index is -3.82. The van der Waals surface area contributed by atoms with Crippen LogP contribution in [0.2, 0.25) is 0 Å². The predicted molar refractivity (Wildman–Crippen MR) is 251 cm³/mol. The van der Waals surface area contributed by atoms with Gasteiger partial charge in [-0.25, -0.2) is 0 Å². The van der Waals surface area contributed by atoms with E-state index in [0.717, 1.165) is 57.7 Å². The van der Waals surface area contributed by atoms with Crippen molar-refractivity contribution in [2.24, 2.45) is 11.8 Å². The Labute approximate surface area is 349 Å². The molecule has 0 N–H and O–H groups in total. The van der Waals surface area contributed by atoms with E-state index in [4.69, 9.17) is 9.97 Å². The molecule has 10 rings (SSSR count). The van der Waals surface area contributed by atoms with Crippen molar-refractivity contribution >= 4 is 74.7 Å². The van der Waals surface area contributed by atoms with Gasteiger partial charge in [-0.3, -0.25) is 0 Å². The summed E-state index contributed by atoms with van der Waals surface area (Å²) in [7, 11) is 0. The molecule has 0 saturated carbocycles. The second-order valence-corrected chi connectivity index (χ2v) is 24.8. The van der Waals surface area contributed by atoms with Crippen LogP contribution in [0.4, 0.5) is 0 Å². The molecular weight excluding hydrogens is 777 g/mol. The van der Waals surface area contributed by atoms with Crippen LogP contribution >= 0.6 is 0 Å². The van der Waals surface area contributed by atoms with Crippen molar-refractivity contribution in [3.63, 3.8) is 0 Å². The maximum atomic E-state index is 5.46. The van der Waals surface area contributed by atoms with Crippen molar-refractivity contribution in [2.45, 2.75) is 40.5 Å². The van der Waals surface area contributed by atoms with Gasteiger partial charge >= 0.3 is 351 Å². The number of aromatic nitrogens is 4. The summed E-state index contributed by atoms with van der Waals surface area (Å²) < 4.78 is 10.3. The number of rotatable bonds is 10. The minimum absolute atomic E-state index is 0.510. The zero-order valence-corrected chi connectivity index (χ0v) is 36.3. The molecule has 4 nitrogen and oxygen atoms in total. The van der Waals surface area contributed by atoms with E-state index in [1.165, 1.54) is 39.4 Å². The molecule has 0 atom stereocenters. The van der Waals surface area contributed by atoms with E-state index >= 15 is 0 Å². The van der Waals surface area contributed by atoms with Gasteiger partial charge in [0, 0.05) is 0 Å². The van der Waals surface area contributed by atoms with Gasteiger partial charge < -0.3 is 0 Å². The van der Waals surface area contributed by atoms with E-state index in [-0.39, 0.29) is 0 Å². The Balaban J connectivity index is 1.31. The molecule has 10 aromatic rings. The molecule has 0 aliphatic heterocycles. The van der Waals surface area contributed by atoms with Gasteiger partial charge in [-0.2, -0.15) is 0 Å². The van der Waals surface area contributed by atoms with Crippen molar-refractivity contribution in [1.82, 2.24) is 19.1 Å². The van der Waals surface area contributed by atoms with Crippen LogP contribution in [-0.2, 0) is 12.8 Å². The third-order valence-electron chi connectivity index (χ3n) is 11.9. The normalized spacial score (nSPS) is 12.2. The Morgan fingerprint density at radius 2 is 0.746 bits per heavy atom. The van der Waals surface area contributed by atoms with Crippen LogP contribution in [0.25, 0.3) is 55.2 Å². The molecule has 0 bridgehead atoms. The van der Waals surface area contributed by atoms with E-state index in [9.17, 15) is 0 Å². The summed E-state index contributed by atoms with van der Waals surface area (Å²) in [6, 6.07) is 67.8. The number of para-hydroxylation sites is 2. The molecule has 6 aromatic carbocycles. The molecule has 0 amide bonds. The molecule has 4 heterocycles. The van der Waals surface area contributed by atoms with E-state index in [0.29, 0.717) is 11.8 Å². The van der Waals surface area contributed by atoms with Crippen LogP contribution in [0.3, 0.4) is 0 Å². The topological polar surface area (TPSA) is 35.6 Å². The van der Waals surface area contributed by atoms with Gasteiger partial charge in [0.2, 0.25) is 0 Å². The summed E-state index contributed by atoms with van der Waals surface area (Å²) in [6.45, 7) is 9.09. The molecule has 0 aliphatic rings. The average molecular weight is 826 g/mol. The third kappa shape index (κ3) is 6.38. The first-order valence-electron chi connectivity index (χ1n) is 21.0. The monoisotopic (exact) mass is 826 g/mol. The van der Waals surface area contributed by atoms with Gasteiger partial charge in [0.05, 0.1) is 0 Å². The van der Waals surface area contributed by atoms with Crippen molar-refractivity contribution in [2.75, 3.05) is 0 Å². The van der Waals surface area contributed by atoms with Gasteiger partial charge in [-0.05, 0) is 0 Å². The standard InChI is InChI=1S/C54H48GeN4/c1-37(2)33-43-27-31-51-53(56-43)47-35-41(25-29-49(47)58(51)45-21-13-7-14-22-45)55(39-17-9-5-10-18-39,40-19-11-6-12-20-40)42-26-30-50-48(36-42)54-52(32-28-44(57-54)34-38(3)4)59(50)46-23-15-8-16-24-46/h5-32,35-38H,33-34H2,1-4H3. The first kappa shape index (κ1) is 37.1. The molecule has 4 aromatic heterocycles. The summed E-state index contributed by atoms with van der Waals surface area (Å²) >= 11 is -3.82. The molecule has 0 saturated heterocycles. The summed E-state index contributed by atoms with van der Waals surface area (Å²) in [5.41, 5.74) is 11.3. The molecule has 0 radical (unpaired) electrons. The summed E-state index contributed by atoms with van der Waals surface area (Å²) in [5.74, 6) is 1.02. The van der Waals surface area contributed by atoms with Gasteiger partial charge in [0.25, 0.3) is 0 Å². The van der Waals surface area contributed by atoms with Crippen molar-refractivity contribution in [1.29, 1.82) is 0 Å². The summed E-state index contributed by atoms with van der Waals surface area (Å²) in [6.07, 6.45) is 1.87. The van der Waals surface area contributed by atoms with Gasteiger partial charge in [-0.1, -0.05) is 0 Å². The fraction of sp³-hybridized carbons (Fsp3) is 0.148. The SMILES string of the molecule is CC(C)Cc1ccc2c(n1)c1c[c]([Ge]([c]3ccccc3)([c]3ccccc3)[c]3ccc4c(c3)c3nc(CC(C)C)ccc3n4-c3ccccc3)ccc1n2-c1ccccc1. The molecule has 5 heteroatoms. The first-order valence-corrected chi connectivity index (χ1v) is 25.2. The predicted octanol–water partition coefficient (Wildman–Crippen LogP) is 10.4. The molecule has 288 valence electrons. The van der Waals surface area contributed by atoms with E-state index < -0.39 is 13.3 Å². The molecule has 0 aliphatic carbocycles. The number of nitrogens with zero attached hydrogens (tertiary/aromatic N) is 4. The van der Waals surface area contributed by atoms with Crippen LogP contribution in [-0.4, -0.2) is 32.4 Å². The van der Waals surface area contributed by atoms with Crippen LogP contribution in [0.5, 0.6) is 0 Å². The van der Waals surface area contributed by atoms with E-state index in [2.05, 4.69) is 219 Å². The molecule has 59 heavy (non-hydrogen) atoms. The first-order chi connectivity index (χ1) is 28.9. The number of fused-ring (bicyclic) bond motifs is 6. The number of hydrogen-bond donors (Lipinski definition) is 0. The average Bonchev–Trinajstić information content (AvgIpc) is 3.76. The van der Waals surface area contributed by atoms with Crippen molar-refractivity contribution in [3.05, 3.63) is 193 Å². The summed E-state index contributed by atoms with van der Waals surface area (Å²) in [5, 5.41) is 2.38. The van der Waals surface area contributed by atoms with E-state index in [1.807, 2.05) is 0 Å². The number of hydrogen-bond acceptors (Lipinski definition) is 2. The second kappa shape index (κ2) is 15.2. The quantitative estimate of drug-likeness (QED) is 0.129. The molecule has 0 spiro atoms. The Bertz CT molecular complexity index is 2880. The number of benzene rings is 6. The van der Waals surface area contributed by atoms with Crippen molar-refractivity contribution < 1.29 is 0 Å². The van der Waals surface area contributed by atoms with Crippen LogP contribution < -0.4 is 17.6 Å². The van der Waals surface area contributed by atoms with Gasteiger partial charge in [-0.15, -0.1) is 0 Å².